The van der Waals surface area contributed by atoms with Gasteiger partial charge in [-0.2, -0.15) is 0 Å². The maximum Gasteiger partial charge on any atom is 0.0617 e. The Bertz CT molecular complexity index is 384. The van der Waals surface area contributed by atoms with E-state index in [0.29, 0.717) is 0 Å². The first-order chi connectivity index (χ1) is 6.83. The zero-order valence-corrected chi connectivity index (χ0v) is 9.50. The minimum absolute atomic E-state index is 0.394. The van der Waals surface area contributed by atoms with Crippen LogP contribution >= 0.6 is 0 Å². The van der Waals surface area contributed by atoms with Crippen LogP contribution in [0.3, 0.4) is 0 Å². The largest absolute Gasteiger partial charge is 0.115 e. The van der Waals surface area contributed by atoms with E-state index in [9.17, 15) is 0 Å². The highest BCUT2D eigenvalue weighted by Gasteiger charge is 2.03. The van der Waals surface area contributed by atoms with Gasteiger partial charge in [0, 0.05) is 11.1 Å². The van der Waals surface area contributed by atoms with Crippen molar-refractivity contribution in [1.82, 2.24) is 0 Å². The van der Waals surface area contributed by atoms with E-state index in [-0.39, 0.29) is 0 Å². The van der Waals surface area contributed by atoms with E-state index in [2.05, 4.69) is 18.4 Å². The van der Waals surface area contributed by atoms with Gasteiger partial charge in [-0.15, -0.1) is 19.4 Å². The van der Waals surface area contributed by atoms with Crippen LogP contribution in [-0.4, -0.2) is 9.52 Å². The molecule has 1 aromatic carbocycles. The minimum atomic E-state index is -0.394. The zero-order chi connectivity index (χ0) is 10.4. The summed E-state index contributed by atoms with van der Waals surface area (Å²) in [6, 6.07) is 6.85. The summed E-state index contributed by atoms with van der Waals surface area (Å²) in [4.78, 5) is 0. The molecule has 0 atom stereocenters. The summed E-state index contributed by atoms with van der Waals surface area (Å²) in [7, 11) is -0.394. The summed E-state index contributed by atoms with van der Waals surface area (Å²) >= 11 is 0. The van der Waals surface area contributed by atoms with Crippen molar-refractivity contribution >= 4 is 14.7 Å². The van der Waals surface area contributed by atoms with Crippen molar-refractivity contribution in [2.75, 3.05) is 0 Å². The lowest BCUT2D eigenvalue weighted by molar-refractivity contribution is 1.63. The first kappa shape index (κ1) is 10.4. The first-order valence-electron chi connectivity index (χ1n) is 4.49. The first-order valence-corrected chi connectivity index (χ1v) is 6.20. The summed E-state index contributed by atoms with van der Waals surface area (Å²) in [5.74, 6) is 5.37. The third-order valence-electron chi connectivity index (χ3n) is 2.09. The van der Waals surface area contributed by atoms with Crippen LogP contribution in [0.1, 0.15) is 11.1 Å². The number of hydrogen-bond donors (Lipinski definition) is 0. The number of benzene rings is 1. The fourth-order valence-corrected chi connectivity index (χ4v) is 2.84. The summed E-state index contributed by atoms with van der Waals surface area (Å²) in [6.07, 6.45) is 12.8. The molecule has 0 fully saturated rings. The zero-order valence-electron chi connectivity index (χ0n) is 8.09. The normalized spacial score (nSPS) is 9.57. The van der Waals surface area contributed by atoms with Gasteiger partial charge < -0.3 is 0 Å². The van der Waals surface area contributed by atoms with E-state index in [1.54, 1.807) is 0 Å². The van der Waals surface area contributed by atoms with Gasteiger partial charge in [-0.05, 0) is 23.4 Å². The molecule has 0 aromatic heterocycles. The highest BCUT2D eigenvalue weighted by molar-refractivity contribution is 6.55. The average molecular weight is 196 g/mol. The van der Waals surface area contributed by atoms with Crippen LogP contribution in [0.2, 0.25) is 6.04 Å². The quantitative estimate of drug-likeness (QED) is 0.385. The van der Waals surface area contributed by atoms with Crippen molar-refractivity contribution in [2.24, 2.45) is 0 Å². The van der Waals surface area contributed by atoms with E-state index in [1.165, 1.54) is 5.19 Å². The van der Waals surface area contributed by atoms with Crippen LogP contribution in [0.5, 0.6) is 0 Å². The van der Waals surface area contributed by atoms with Gasteiger partial charge in [-0.3, -0.25) is 0 Å². The maximum atomic E-state index is 5.42. The van der Waals surface area contributed by atoms with Gasteiger partial charge in [-0.25, -0.2) is 0 Å². The smallest absolute Gasteiger partial charge is 0.0617 e. The van der Waals surface area contributed by atoms with Crippen molar-refractivity contribution in [3.63, 3.8) is 0 Å². The molecule has 0 aliphatic heterocycles. The Morgan fingerprint density at radius 1 is 1.29 bits per heavy atom. The van der Waals surface area contributed by atoms with E-state index >= 15 is 0 Å². The molecule has 0 unspecified atom stereocenters. The van der Waals surface area contributed by atoms with Crippen molar-refractivity contribution in [3.8, 4) is 24.7 Å². The number of terminal acetylenes is 2. The molecule has 0 saturated heterocycles. The highest BCUT2D eigenvalue weighted by atomic mass is 28.2. The SMILES string of the molecule is C#Cc1cccc(C#C)c1[SiH2]CC=C. The van der Waals surface area contributed by atoms with E-state index in [4.69, 9.17) is 12.8 Å². The Hall–Kier alpha value is -1.70. The molecule has 14 heavy (non-hydrogen) atoms. The molecule has 0 bridgehead atoms. The molecule has 0 N–H and O–H groups in total. The second-order valence-electron chi connectivity index (χ2n) is 2.95. The van der Waals surface area contributed by atoms with Gasteiger partial charge in [0.25, 0.3) is 0 Å². The van der Waals surface area contributed by atoms with Gasteiger partial charge >= 0.3 is 0 Å². The maximum absolute atomic E-state index is 5.42. The highest BCUT2D eigenvalue weighted by Crippen LogP contribution is 2.00. The van der Waals surface area contributed by atoms with Crippen LogP contribution in [-0.2, 0) is 0 Å². The average Bonchev–Trinajstić information content (AvgIpc) is 2.25. The Kier molecular flexibility index (Phi) is 3.79. The second kappa shape index (κ2) is 5.12. The molecule has 0 saturated carbocycles. The van der Waals surface area contributed by atoms with Crippen LogP contribution in [0.15, 0.2) is 30.9 Å². The summed E-state index contributed by atoms with van der Waals surface area (Å²) < 4.78 is 0. The molecule has 0 heterocycles. The van der Waals surface area contributed by atoms with Crippen LogP contribution in [0, 0.1) is 24.7 Å². The predicted octanol–water partition coefficient (Wildman–Crippen LogP) is 1.05. The number of rotatable bonds is 3. The minimum Gasteiger partial charge on any atom is -0.115 e. The predicted molar refractivity (Wildman–Crippen MR) is 65.5 cm³/mol. The topological polar surface area (TPSA) is 0 Å². The molecule has 0 aliphatic rings. The van der Waals surface area contributed by atoms with E-state index in [1.807, 2.05) is 24.3 Å². The Morgan fingerprint density at radius 3 is 2.29 bits per heavy atom. The molecule has 0 aliphatic carbocycles. The lowest BCUT2D eigenvalue weighted by Gasteiger charge is -2.05. The molecule has 1 aromatic rings. The number of hydrogen-bond acceptors (Lipinski definition) is 0. The molecule has 68 valence electrons. The van der Waals surface area contributed by atoms with Gasteiger partial charge in [0.1, 0.15) is 0 Å². The third kappa shape index (κ3) is 2.16. The molecule has 1 rings (SSSR count). The summed E-state index contributed by atoms with van der Waals surface area (Å²) in [5, 5.41) is 1.22. The fraction of sp³-hybridized carbons (Fsp3) is 0.0769. The monoisotopic (exact) mass is 196 g/mol. The molecule has 0 spiro atoms. The van der Waals surface area contributed by atoms with Crippen molar-refractivity contribution in [3.05, 3.63) is 42.0 Å². The van der Waals surface area contributed by atoms with Crippen molar-refractivity contribution in [2.45, 2.75) is 6.04 Å². The standard InChI is InChI=1S/C13H12Si/c1-4-10-14-13-11(5-2)8-7-9-12(13)6-3/h2-4,7-9H,1,10,14H2. The lowest BCUT2D eigenvalue weighted by atomic mass is 10.1. The molecular weight excluding hydrogens is 184 g/mol. The molecular formula is C13H12Si. The fourth-order valence-electron chi connectivity index (χ4n) is 1.37. The third-order valence-corrected chi connectivity index (χ3v) is 4.04. The van der Waals surface area contributed by atoms with Gasteiger partial charge in [0.2, 0.25) is 0 Å². The summed E-state index contributed by atoms with van der Waals surface area (Å²) in [6.45, 7) is 3.72. The van der Waals surface area contributed by atoms with Crippen LogP contribution in [0.4, 0.5) is 0 Å². The molecule has 0 radical (unpaired) electrons. The Balaban J connectivity index is 3.15. The van der Waals surface area contributed by atoms with Gasteiger partial charge in [-0.1, -0.05) is 24.0 Å². The lowest BCUT2D eigenvalue weighted by Crippen LogP contribution is -2.20. The second-order valence-corrected chi connectivity index (χ2v) is 4.73. The van der Waals surface area contributed by atoms with Crippen LogP contribution in [0.25, 0.3) is 0 Å². The molecule has 0 amide bonds. The van der Waals surface area contributed by atoms with E-state index < -0.39 is 9.52 Å². The molecule has 1 heteroatoms. The number of allylic oxidation sites excluding steroid dienone is 1. The Labute approximate surface area is 87.9 Å². The van der Waals surface area contributed by atoms with Gasteiger partial charge in [0.05, 0.1) is 9.52 Å². The summed E-state index contributed by atoms with van der Waals surface area (Å²) in [5.41, 5.74) is 1.91. The Morgan fingerprint density at radius 2 is 1.86 bits per heavy atom. The van der Waals surface area contributed by atoms with Crippen LogP contribution < -0.4 is 5.19 Å². The van der Waals surface area contributed by atoms with Crippen molar-refractivity contribution in [1.29, 1.82) is 0 Å². The molecule has 0 nitrogen and oxygen atoms in total. The van der Waals surface area contributed by atoms with Gasteiger partial charge in [0.15, 0.2) is 0 Å². The van der Waals surface area contributed by atoms with E-state index in [0.717, 1.165) is 17.2 Å². The van der Waals surface area contributed by atoms with Crippen molar-refractivity contribution < 1.29 is 0 Å².